The molecule has 0 aromatic heterocycles. The smallest absolute Gasteiger partial charge is 0.292 e. The van der Waals surface area contributed by atoms with Crippen LogP contribution in [-0.2, 0) is 4.79 Å². The van der Waals surface area contributed by atoms with E-state index >= 15 is 0 Å². The zero-order valence-corrected chi connectivity index (χ0v) is 14.3. The van der Waals surface area contributed by atoms with Crippen LogP contribution in [0.25, 0.3) is 0 Å². The van der Waals surface area contributed by atoms with Crippen molar-refractivity contribution in [1.29, 1.82) is 0 Å². The number of nitrogens with zero attached hydrogens (tertiary/aromatic N) is 1. The molecule has 2 rings (SSSR count). The molecule has 1 N–H and O–H groups in total. The summed E-state index contributed by atoms with van der Waals surface area (Å²) in [6, 6.07) is 11.0. The SMILES string of the molecule is C[C@@H](Sc1c(Cl)cccc1Cl)C(=O)Nc1ccccc1[N+](=O)[O-]. The number of nitro groups is 1. The zero-order valence-electron chi connectivity index (χ0n) is 12.0. The van der Waals surface area contributed by atoms with Gasteiger partial charge in [-0.05, 0) is 25.1 Å². The van der Waals surface area contributed by atoms with Gasteiger partial charge in [0.2, 0.25) is 5.91 Å². The van der Waals surface area contributed by atoms with Crippen molar-refractivity contribution >= 4 is 52.2 Å². The quantitative estimate of drug-likeness (QED) is 0.455. The van der Waals surface area contributed by atoms with Crippen LogP contribution in [0.3, 0.4) is 0 Å². The third kappa shape index (κ3) is 4.37. The number of hydrogen-bond acceptors (Lipinski definition) is 4. The molecule has 1 atom stereocenters. The molecule has 2 aromatic rings. The summed E-state index contributed by atoms with van der Waals surface area (Å²) in [6.07, 6.45) is 0. The fraction of sp³-hybridized carbons (Fsp3) is 0.133. The Morgan fingerprint density at radius 1 is 1.17 bits per heavy atom. The Bertz CT molecular complexity index is 735. The average molecular weight is 371 g/mol. The van der Waals surface area contributed by atoms with Gasteiger partial charge < -0.3 is 5.32 Å². The molecule has 0 saturated heterocycles. The Kier molecular flexibility index (Phi) is 5.87. The first-order valence-electron chi connectivity index (χ1n) is 6.55. The summed E-state index contributed by atoms with van der Waals surface area (Å²) in [6.45, 7) is 1.68. The second-order valence-electron chi connectivity index (χ2n) is 4.57. The summed E-state index contributed by atoms with van der Waals surface area (Å²) >= 11 is 13.4. The molecular weight excluding hydrogens is 359 g/mol. The molecule has 0 unspecified atom stereocenters. The van der Waals surface area contributed by atoms with Crippen molar-refractivity contribution in [2.75, 3.05) is 5.32 Å². The van der Waals surface area contributed by atoms with Crippen molar-refractivity contribution in [3.8, 4) is 0 Å². The van der Waals surface area contributed by atoms with E-state index in [0.29, 0.717) is 14.9 Å². The Morgan fingerprint density at radius 2 is 1.78 bits per heavy atom. The molecule has 8 heteroatoms. The van der Waals surface area contributed by atoms with E-state index in [1.807, 2.05) is 0 Å². The van der Waals surface area contributed by atoms with Gasteiger partial charge in [-0.15, -0.1) is 11.8 Å². The third-order valence-corrected chi connectivity index (χ3v) is 5.04. The Labute approximate surface area is 147 Å². The molecule has 0 radical (unpaired) electrons. The van der Waals surface area contributed by atoms with Crippen molar-refractivity contribution in [1.82, 2.24) is 0 Å². The number of halogens is 2. The standard InChI is InChI=1S/C15H12Cl2N2O3S/c1-9(23-14-10(16)5-4-6-11(14)17)15(20)18-12-7-2-3-8-13(12)19(21)22/h2-9H,1H3,(H,18,20)/t9-/m1/s1. The molecule has 0 bridgehead atoms. The van der Waals surface area contributed by atoms with E-state index in [0.717, 1.165) is 0 Å². The Hall–Kier alpha value is -1.76. The molecule has 0 aliphatic rings. The van der Waals surface area contributed by atoms with Crippen LogP contribution in [0.15, 0.2) is 47.4 Å². The van der Waals surface area contributed by atoms with E-state index in [4.69, 9.17) is 23.2 Å². The highest BCUT2D eigenvalue weighted by Crippen LogP contribution is 2.36. The molecule has 0 heterocycles. The number of nitrogens with one attached hydrogen (secondary N) is 1. The Balaban J connectivity index is 2.14. The molecule has 5 nitrogen and oxygen atoms in total. The highest BCUT2D eigenvalue weighted by Gasteiger charge is 2.21. The topological polar surface area (TPSA) is 72.2 Å². The maximum Gasteiger partial charge on any atom is 0.292 e. The molecule has 2 aromatic carbocycles. The van der Waals surface area contributed by atoms with Crippen LogP contribution in [0.5, 0.6) is 0 Å². The van der Waals surface area contributed by atoms with Gasteiger partial charge in [-0.3, -0.25) is 14.9 Å². The minimum atomic E-state index is -0.543. The first-order chi connectivity index (χ1) is 10.9. The lowest BCUT2D eigenvalue weighted by Crippen LogP contribution is -2.22. The summed E-state index contributed by atoms with van der Waals surface area (Å²) in [5, 5.41) is 13.9. The zero-order chi connectivity index (χ0) is 17.0. The molecule has 0 fully saturated rings. The molecule has 120 valence electrons. The van der Waals surface area contributed by atoms with Gasteiger partial charge >= 0.3 is 0 Å². The number of hydrogen-bond donors (Lipinski definition) is 1. The van der Waals surface area contributed by atoms with Crippen LogP contribution < -0.4 is 5.32 Å². The largest absolute Gasteiger partial charge is 0.319 e. The first kappa shape index (κ1) is 17.6. The predicted octanol–water partition coefficient (Wildman–Crippen LogP) is 5.02. The van der Waals surface area contributed by atoms with Crippen molar-refractivity contribution in [3.05, 3.63) is 62.6 Å². The van der Waals surface area contributed by atoms with Gasteiger partial charge in [-0.25, -0.2) is 0 Å². The lowest BCUT2D eigenvalue weighted by atomic mass is 10.2. The first-order valence-corrected chi connectivity index (χ1v) is 8.18. The highest BCUT2D eigenvalue weighted by molar-refractivity contribution is 8.00. The number of nitro benzene ring substituents is 1. The third-order valence-electron chi connectivity index (χ3n) is 2.94. The average Bonchev–Trinajstić information content (AvgIpc) is 2.51. The fourth-order valence-corrected chi connectivity index (χ4v) is 3.34. The van der Waals surface area contributed by atoms with Gasteiger partial charge in [0, 0.05) is 11.0 Å². The highest BCUT2D eigenvalue weighted by atomic mass is 35.5. The van der Waals surface area contributed by atoms with Crippen molar-refractivity contribution in [2.24, 2.45) is 0 Å². The minimum absolute atomic E-state index is 0.153. The Morgan fingerprint density at radius 3 is 2.39 bits per heavy atom. The van der Waals surface area contributed by atoms with E-state index in [1.54, 1.807) is 31.2 Å². The predicted molar refractivity (Wildman–Crippen MR) is 93.5 cm³/mol. The lowest BCUT2D eigenvalue weighted by molar-refractivity contribution is -0.383. The van der Waals surface area contributed by atoms with E-state index in [2.05, 4.69) is 5.32 Å². The number of thioether (sulfide) groups is 1. The molecular formula is C15H12Cl2N2O3S. The summed E-state index contributed by atoms with van der Waals surface area (Å²) in [5.74, 6) is -0.375. The summed E-state index contributed by atoms with van der Waals surface area (Å²) in [5.41, 5.74) is -0.00553. The van der Waals surface area contributed by atoms with Crippen molar-refractivity contribution < 1.29 is 9.72 Å². The number of benzene rings is 2. The summed E-state index contributed by atoms with van der Waals surface area (Å²) in [7, 11) is 0. The molecule has 0 saturated carbocycles. The molecule has 0 aliphatic carbocycles. The summed E-state index contributed by atoms with van der Waals surface area (Å²) < 4.78 is 0. The van der Waals surface area contributed by atoms with Gasteiger partial charge in [0.05, 0.1) is 20.2 Å². The molecule has 0 spiro atoms. The van der Waals surface area contributed by atoms with Crippen LogP contribution >= 0.6 is 35.0 Å². The van der Waals surface area contributed by atoms with Gasteiger partial charge in [-0.1, -0.05) is 41.4 Å². The van der Waals surface area contributed by atoms with Crippen LogP contribution in [0.1, 0.15) is 6.92 Å². The lowest BCUT2D eigenvalue weighted by Gasteiger charge is -2.14. The van der Waals surface area contributed by atoms with E-state index < -0.39 is 10.2 Å². The number of anilines is 1. The van der Waals surface area contributed by atoms with Gasteiger partial charge in [0.1, 0.15) is 5.69 Å². The second kappa shape index (κ2) is 7.68. The van der Waals surface area contributed by atoms with E-state index in [9.17, 15) is 14.9 Å². The number of amides is 1. The van der Waals surface area contributed by atoms with Gasteiger partial charge in [-0.2, -0.15) is 0 Å². The van der Waals surface area contributed by atoms with Gasteiger partial charge in [0.25, 0.3) is 5.69 Å². The minimum Gasteiger partial charge on any atom is -0.319 e. The second-order valence-corrected chi connectivity index (χ2v) is 6.74. The monoisotopic (exact) mass is 370 g/mol. The van der Waals surface area contributed by atoms with Crippen molar-refractivity contribution in [3.63, 3.8) is 0 Å². The van der Waals surface area contributed by atoms with Crippen molar-refractivity contribution in [2.45, 2.75) is 17.1 Å². The number of para-hydroxylation sites is 2. The van der Waals surface area contributed by atoms with Gasteiger partial charge in [0.15, 0.2) is 0 Å². The fourth-order valence-electron chi connectivity index (χ4n) is 1.80. The number of carbonyl (C=O) groups excluding carboxylic acids is 1. The maximum absolute atomic E-state index is 12.3. The van der Waals surface area contributed by atoms with Crippen LogP contribution in [-0.4, -0.2) is 16.1 Å². The van der Waals surface area contributed by atoms with Crippen LogP contribution in [0.2, 0.25) is 10.0 Å². The van der Waals surface area contributed by atoms with Crippen LogP contribution in [0.4, 0.5) is 11.4 Å². The van der Waals surface area contributed by atoms with E-state index in [-0.39, 0.29) is 17.3 Å². The number of rotatable bonds is 5. The molecule has 1 amide bonds. The normalized spacial score (nSPS) is 11.8. The molecule has 23 heavy (non-hydrogen) atoms. The van der Waals surface area contributed by atoms with E-state index in [1.165, 1.54) is 30.0 Å². The number of carbonyl (C=O) groups is 1. The van der Waals surface area contributed by atoms with Crippen LogP contribution in [0, 0.1) is 10.1 Å². The maximum atomic E-state index is 12.3. The molecule has 0 aliphatic heterocycles. The summed E-state index contributed by atoms with van der Waals surface area (Å²) in [4.78, 5) is 23.3.